The number of benzene rings is 1. The van der Waals surface area contributed by atoms with Gasteiger partial charge in [0.25, 0.3) is 0 Å². The first-order valence-corrected chi connectivity index (χ1v) is 8.50. The summed E-state index contributed by atoms with van der Waals surface area (Å²) >= 11 is 0. The molecule has 0 radical (unpaired) electrons. The topological polar surface area (TPSA) is 132 Å². The van der Waals surface area contributed by atoms with Crippen molar-refractivity contribution in [3.63, 3.8) is 0 Å². The van der Waals surface area contributed by atoms with Crippen LogP contribution in [-0.4, -0.2) is 52.7 Å². The van der Waals surface area contributed by atoms with Crippen molar-refractivity contribution in [3.05, 3.63) is 45.7 Å². The molecule has 8 nitrogen and oxygen atoms in total. The van der Waals surface area contributed by atoms with Gasteiger partial charge in [-0.05, 0) is 25.1 Å². The molecular formula is C19H19F3N2O6. The van der Waals surface area contributed by atoms with Crippen molar-refractivity contribution >= 4 is 22.8 Å². The number of aromatic nitrogens is 1. The molecule has 0 spiro atoms. The monoisotopic (exact) mass is 428 g/mol. The predicted molar refractivity (Wildman–Crippen MR) is 101 cm³/mol. The van der Waals surface area contributed by atoms with Crippen LogP contribution in [0.5, 0.6) is 0 Å². The van der Waals surface area contributed by atoms with Crippen LogP contribution < -0.4 is 11.2 Å². The van der Waals surface area contributed by atoms with E-state index in [0.29, 0.717) is 36.2 Å². The standard InChI is InChI=1S/C17H18N2O4.C2HF3O2/c1-2-19-11-14(17(21)22)16(20)13-10-12(5-6-15(13)19)4-3-8-23-9-7-18;3-2(4,5)1(6)7/h5-6,10-11H,2,7-9,18H2,1H3,(H,21,22);(H,6,7). The first kappa shape index (κ1) is 24.7. The van der Waals surface area contributed by atoms with Gasteiger partial charge in [0.15, 0.2) is 0 Å². The number of alkyl halides is 3. The Morgan fingerprint density at radius 1 is 1.27 bits per heavy atom. The molecule has 0 saturated heterocycles. The number of ether oxygens (including phenoxy) is 1. The van der Waals surface area contributed by atoms with Gasteiger partial charge in [0.05, 0.1) is 12.1 Å². The third-order valence-corrected chi connectivity index (χ3v) is 3.56. The number of aliphatic carboxylic acids is 1. The number of carbonyl (C=O) groups is 2. The molecule has 0 atom stereocenters. The Bertz CT molecular complexity index is 1030. The third-order valence-electron chi connectivity index (χ3n) is 3.56. The number of aromatic carboxylic acids is 1. The highest BCUT2D eigenvalue weighted by atomic mass is 19.4. The van der Waals surface area contributed by atoms with Crippen LogP contribution in [0.3, 0.4) is 0 Å². The van der Waals surface area contributed by atoms with Crippen molar-refractivity contribution in [2.75, 3.05) is 19.8 Å². The van der Waals surface area contributed by atoms with Gasteiger partial charge < -0.3 is 25.3 Å². The second-order valence-electron chi connectivity index (χ2n) is 5.64. The van der Waals surface area contributed by atoms with Crippen LogP contribution in [0, 0.1) is 11.8 Å². The van der Waals surface area contributed by atoms with Gasteiger partial charge in [0.1, 0.15) is 12.2 Å². The summed E-state index contributed by atoms with van der Waals surface area (Å²) in [5.74, 6) is 1.74. The average Bonchev–Trinajstić information content (AvgIpc) is 2.68. The Balaban J connectivity index is 0.000000553. The van der Waals surface area contributed by atoms with Crippen molar-refractivity contribution in [2.45, 2.75) is 19.6 Å². The summed E-state index contributed by atoms with van der Waals surface area (Å²) in [5, 5.41) is 16.6. The second kappa shape index (κ2) is 11.0. The van der Waals surface area contributed by atoms with Crippen molar-refractivity contribution in [2.24, 2.45) is 5.73 Å². The number of halogens is 3. The van der Waals surface area contributed by atoms with E-state index in [1.165, 1.54) is 6.20 Å². The average molecular weight is 428 g/mol. The maximum Gasteiger partial charge on any atom is 0.490 e. The zero-order valence-corrected chi connectivity index (χ0v) is 15.8. The van der Waals surface area contributed by atoms with Gasteiger partial charge in [-0.3, -0.25) is 4.79 Å². The Morgan fingerprint density at radius 3 is 2.40 bits per heavy atom. The van der Waals surface area contributed by atoms with E-state index in [-0.39, 0.29) is 12.2 Å². The summed E-state index contributed by atoms with van der Waals surface area (Å²) in [6.45, 7) is 3.58. The van der Waals surface area contributed by atoms with E-state index in [0.717, 1.165) is 0 Å². The zero-order valence-electron chi connectivity index (χ0n) is 15.8. The lowest BCUT2D eigenvalue weighted by Crippen LogP contribution is -2.21. The smallest absolute Gasteiger partial charge is 0.477 e. The van der Waals surface area contributed by atoms with Crippen LogP contribution in [0.1, 0.15) is 22.8 Å². The highest BCUT2D eigenvalue weighted by molar-refractivity contribution is 5.92. The molecule has 0 bridgehead atoms. The van der Waals surface area contributed by atoms with Crippen molar-refractivity contribution in [1.29, 1.82) is 0 Å². The fraction of sp³-hybridized carbons (Fsp3) is 0.316. The number of hydrogen-bond donors (Lipinski definition) is 3. The SMILES string of the molecule is CCn1cc(C(=O)O)c(=O)c2cc(C#CCOCCN)ccc21.O=C(O)C(F)(F)F. The summed E-state index contributed by atoms with van der Waals surface area (Å²) in [4.78, 5) is 32.4. The van der Waals surface area contributed by atoms with Crippen molar-refractivity contribution in [3.8, 4) is 11.8 Å². The van der Waals surface area contributed by atoms with E-state index in [4.69, 9.17) is 20.4 Å². The maximum absolute atomic E-state index is 12.3. The van der Waals surface area contributed by atoms with Crippen LogP contribution in [0.2, 0.25) is 0 Å². The molecule has 2 aromatic rings. The number of nitrogens with two attached hydrogens (primary N) is 1. The molecule has 1 aromatic heterocycles. The first-order valence-electron chi connectivity index (χ1n) is 8.50. The lowest BCUT2D eigenvalue weighted by molar-refractivity contribution is -0.192. The van der Waals surface area contributed by atoms with Gasteiger partial charge in [-0.1, -0.05) is 11.8 Å². The van der Waals surface area contributed by atoms with E-state index in [1.807, 2.05) is 6.92 Å². The van der Waals surface area contributed by atoms with Gasteiger partial charge in [0, 0.05) is 30.2 Å². The summed E-state index contributed by atoms with van der Waals surface area (Å²) in [6.07, 6.45) is -3.71. The summed E-state index contributed by atoms with van der Waals surface area (Å²) in [5.41, 5.74) is 5.89. The number of carboxylic acids is 2. The molecule has 0 aliphatic rings. The molecule has 0 fully saturated rings. The third kappa shape index (κ3) is 6.91. The van der Waals surface area contributed by atoms with E-state index < -0.39 is 23.5 Å². The molecule has 30 heavy (non-hydrogen) atoms. The predicted octanol–water partition coefficient (Wildman–Crippen LogP) is 1.68. The minimum absolute atomic E-state index is 0.240. The summed E-state index contributed by atoms with van der Waals surface area (Å²) < 4.78 is 38.6. The van der Waals surface area contributed by atoms with E-state index >= 15 is 0 Å². The number of rotatable bonds is 5. The van der Waals surface area contributed by atoms with Gasteiger partial charge in [-0.25, -0.2) is 9.59 Å². The van der Waals surface area contributed by atoms with Crippen molar-refractivity contribution in [1.82, 2.24) is 4.57 Å². The Labute approximate surface area is 168 Å². The molecule has 1 aromatic carbocycles. The number of nitrogens with zero attached hydrogens (tertiary/aromatic N) is 1. The van der Waals surface area contributed by atoms with E-state index in [2.05, 4.69) is 11.8 Å². The number of aryl methyl sites for hydroxylation is 1. The minimum Gasteiger partial charge on any atom is -0.477 e. The first-order chi connectivity index (χ1) is 14.0. The molecule has 0 unspecified atom stereocenters. The van der Waals surface area contributed by atoms with E-state index in [1.54, 1.807) is 22.8 Å². The molecule has 0 saturated carbocycles. The molecule has 2 rings (SSSR count). The summed E-state index contributed by atoms with van der Waals surface area (Å²) in [7, 11) is 0. The summed E-state index contributed by atoms with van der Waals surface area (Å²) in [6, 6.07) is 5.19. The molecular weight excluding hydrogens is 409 g/mol. The Hall–Kier alpha value is -3.36. The maximum atomic E-state index is 12.3. The second-order valence-corrected chi connectivity index (χ2v) is 5.64. The van der Waals surface area contributed by atoms with Crippen LogP contribution in [0.15, 0.2) is 29.2 Å². The molecule has 4 N–H and O–H groups in total. The molecule has 0 aliphatic heterocycles. The van der Waals surface area contributed by atoms with Crippen LogP contribution >= 0.6 is 0 Å². The number of carboxylic acid groups (broad SMARTS) is 2. The molecule has 162 valence electrons. The number of fused-ring (bicyclic) bond motifs is 1. The molecule has 0 aliphatic carbocycles. The van der Waals surface area contributed by atoms with Crippen LogP contribution in [-0.2, 0) is 16.1 Å². The number of pyridine rings is 1. The molecule has 11 heteroatoms. The fourth-order valence-electron chi connectivity index (χ4n) is 2.23. The van der Waals surface area contributed by atoms with E-state index in [9.17, 15) is 27.9 Å². The molecule has 1 heterocycles. The van der Waals surface area contributed by atoms with Gasteiger partial charge in [-0.2, -0.15) is 13.2 Å². The fourth-order valence-corrected chi connectivity index (χ4v) is 2.23. The zero-order chi connectivity index (χ0) is 22.9. The van der Waals surface area contributed by atoms with Crippen molar-refractivity contribution < 1.29 is 37.7 Å². The quantitative estimate of drug-likeness (QED) is 0.488. The highest BCUT2D eigenvalue weighted by Crippen LogP contribution is 2.14. The highest BCUT2D eigenvalue weighted by Gasteiger charge is 2.38. The van der Waals surface area contributed by atoms with Crippen LogP contribution in [0.4, 0.5) is 13.2 Å². The minimum atomic E-state index is -5.08. The van der Waals surface area contributed by atoms with Gasteiger partial charge in [0.2, 0.25) is 5.43 Å². The van der Waals surface area contributed by atoms with Gasteiger partial charge >= 0.3 is 18.1 Å². The van der Waals surface area contributed by atoms with Gasteiger partial charge in [-0.15, -0.1) is 0 Å². The lowest BCUT2D eigenvalue weighted by atomic mass is 10.1. The Morgan fingerprint density at radius 2 is 1.90 bits per heavy atom. The lowest BCUT2D eigenvalue weighted by Gasteiger charge is -2.10. The normalized spacial score (nSPS) is 10.6. The molecule has 0 amide bonds. The Kier molecular flexibility index (Phi) is 9.04. The van der Waals surface area contributed by atoms with Crippen LogP contribution in [0.25, 0.3) is 10.9 Å². The largest absolute Gasteiger partial charge is 0.490 e. The number of hydrogen-bond acceptors (Lipinski definition) is 5.